The van der Waals surface area contributed by atoms with Gasteiger partial charge in [0, 0.05) is 0 Å². The lowest BCUT2D eigenvalue weighted by Crippen LogP contribution is -2.26. The van der Waals surface area contributed by atoms with Gasteiger partial charge in [-0.2, -0.15) is 13.2 Å². The molecule has 0 fully saturated rings. The summed E-state index contributed by atoms with van der Waals surface area (Å²) < 4.78 is 37.1. The lowest BCUT2D eigenvalue weighted by molar-refractivity contribution is -0.140. The first kappa shape index (κ1) is 9.82. The Labute approximate surface area is 82.1 Å². The van der Waals surface area contributed by atoms with Crippen molar-refractivity contribution in [1.82, 2.24) is 9.55 Å². The Morgan fingerprint density at radius 2 is 1.93 bits per heavy atom. The van der Waals surface area contributed by atoms with Crippen LogP contribution in [-0.4, -0.2) is 15.7 Å². The molecule has 80 valence electrons. The summed E-state index contributed by atoms with van der Waals surface area (Å²) in [5, 5.41) is 0. The van der Waals surface area contributed by atoms with E-state index in [-0.39, 0.29) is 5.52 Å². The number of alkyl halides is 3. The predicted octanol–water partition coefficient (Wildman–Crippen LogP) is 1.89. The number of nitrogens with one attached hydrogen (secondary N) is 1. The summed E-state index contributed by atoms with van der Waals surface area (Å²) >= 11 is 0. The first-order valence-corrected chi connectivity index (χ1v) is 4.22. The summed E-state index contributed by atoms with van der Waals surface area (Å²) in [6, 6.07) is 6.27. The van der Waals surface area contributed by atoms with E-state index >= 15 is 0 Å². The van der Waals surface area contributed by atoms with E-state index in [1.165, 1.54) is 6.07 Å². The maximum absolute atomic E-state index is 12.2. The molecule has 0 unspecified atom stereocenters. The maximum Gasteiger partial charge on any atom is 0.406 e. The smallest absolute Gasteiger partial charge is 0.306 e. The molecule has 0 amide bonds. The topological polar surface area (TPSA) is 37.8 Å². The number of fused-ring (bicyclic) bond motifs is 1. The van der Waals surface area contributed by atoms with Gasteiger partial charge in [0.25, 0.3) is 0 Å². The molecule has 1 N–H and O–H groups in total. The van der Waals surface area contributed by atoms with Crippen molar-refractivity contribution in [2.24, 2.45) is 0 Å². The van der Waals surface area contributed by atoms with Crippen LogP contribution in [0.2, 0.25) is 0 Å². The van der Waals surface area contributed by atoms with Crippen molar-refractivity contribution in [3.05, 3.63) is 34.7 Å². The predicted molar refractivity (Wildman–Crippen MR) is 48.6 cm³/mol. The number of imidazole rings is 1. The van der Waals surface area contributed by atoms with E-state index in [0.29, 0.717) is 10.1 Å². The van der Waals surface area contributed by atoms with Gasteiger partial charge >= 0.3 is 11.9 Å². The molecule has 1 aromatic carbocycles. The summed E-state index contributed by atoms with van der Waals surface area (Å²) in [6.07, 6.45) is -4.39. The van der Waals surface area contributed by atoms with Crippen LogP contribution >= 0.6 is 0 Å². The highest BCUT2D eigenvalue weighted by molar-refractivity contribution is 5.74. The Balaban J connectivity index is 2.60. The van der Waals surface area contributed by atoms with E-state index in [0.717, 1.165) is 0 Å². The molecular weight excluding hydrogens is 209 g/mol. The van der Waals surface area contributed by atoms with Crippen molar-refractivity contribution in [2.75, 3.05) is 0 Å². The Morgan fingerprint density at radius 1 is 1.27 bits per heavy atom. The largest absolute Gasteiger partial charge is 0.406 e. The van der Waals surface area contributed by atoms with E-state index in [2.05, 4.69) is 4.98 Å². The van der Waals surface area contributed by atoms with E-state index in [1.807, 2.05) is 0 Å². The minimum absolute atomic E-state index is 0.264. The van der Waals surface area contributed by atoms with Crippen LogP contribution < -0.4 is 5.69 Å². The van der Waals surface area contributed by atoms with E-state index in [4.69, 9.17) is 0 Å². The molecule has 0 aliphatic heterocycles. The number of aromatic amines is 1. The van der Waals surface area contributed by atoms with Crippen molar-refractivity contribution in [3.8, 4) is 0 Å². The number of halogens is 3. The van der Waals surface area contributed by atoms with Crippen LogP contribution in [0, 0.1) is 0 Å². The van der Waals surface area contributed by atoms with Gasteiger partial charge < -0.3 is 4.98 Å². The van der Waals surface area contributed by atoms with E-state index < -0.39 is 18.4 Å². The third-order valence-electron chi connectivity index (χ3n) is 2.02. The fraction of sp³-hybridized carbons (Fsp3) is 0.222. The normalized spacial score (nSPS) is 12.2. The highest BCUT2D eigenvalue weighted by Gasteiger charge is 2.29. The van der Waals surface area contributed by atoms with Gasteiger partial charge in [-0.05, 0) is 12.1 Å². The first-order valence-electron chi connectivity index (χ1n) is 4.22. The minimum Gasteiger partial charge on any atom is -0.306 e. The molecule has 1 heterocycles. The number of para-hydroxylation sites is 2. The Hall–Kier alpha value is -1.72. The third-order valence-corrected chi connectivity index (χ3v) is 2.02. The summed E-state index contributed by atoms with van der Waals surface area (Å²) in [4.78, 5) is 13.6. The van der Waals surface area contributed by atoms with Crippen LogP contribution in [0.3, 0.4) is 0 Å². The fourth-order valence-electron chi connectivity index (χ4n) is 1.44. The Bertz CT molecular complexity index is 538. The molecule has 15 heavy (non-hydrogen) atoms. The monoisotopic (exact) mass is 216 g/mol. The molecule has 0 saturated heterocycles. The fourth-order valence-corrected chi connectivity index (χ4v) is 1.44. The van der Waals surface area contributed by atoms with Gasteiger partial charge in [-0.3, -0.25) is 4.57 Å². The second-order valence-corrected chi connectivity index (χ2v) is 3.15. The number of hydrogen-bond donors (Lipinski definition) is 1. The van der Waals surface area contributed by atoms with Crippen LogP contribution in [0.15, 0.2) is 29.1 Å². The standard InChI is InChI=1S/C9H7F3N2O/c10-9(11,12)5-14-7-4-2-1-3-6(7)13-8(14)15/h1-4H,5H2,(H,13,15). The van der Waals surface area contributed by atoms with Gasteiger partial charge in [-0.1, -0.05) is 12.1 Å². The summed E-state index contributed by atoms with van der Waals surface area (Å²) in [5.74, 6) is 0. The van der Waals surface area contributed by atoms with Crippen molar-refractivity contribution >= 4 is 11.0 Å². The van der Waals surface area contributed by atoms with Crippen LogP contribution in [0.25, 0.3) is 11.0 Å². The molecule has 0 atom stereocenters. The lowest BCUT2D eigenvalue weighted by Gasteiger charge is -2.06. The van der Waals surface area contributed by atoms with Gasteiger partial charge in [-0.25, -0.2) is 4.79 Å². The van der Waals surface area contributed by atoms with Crippen LogP contribution in [0.1, 0.15) is 0 Å². The summed E-state index contributed by atoms with van der Waals surface area (Å²) in [5.41, 5.74) is -0.0694. The van der Waals surface area contributed by atoms with Gasteiger partial charge in [0.2, 0.25) is 0 Å². The quantitative estimate of drug-likeness (QED) is 0.776. The number of H-pyrrole nitrogens is 1. The second-order valence-electron chi connectivity index (χ2n) is 3.15. The zero-order valence-corrected chi connectivity index (χ0v) is 7.51. The molecule has 0 aliphatic carbocycles. The molecule has 0 spiro atoms. The van der Waals surface area contributed by atoms with Gasteiger partial charge in [0.15, 0.2) is 0 Å². The highest BCUT2D eigenvalue weighted by Crippen LogP contribution is 2.19. The molecular formula is C9H7F3N2O. The van der Waals surface area contributed by atoms with Crippen molar-refractivity contribution in [1.29, 1.82) is 0 Å². The van der Waals surface area contributed by atoms with Gasteiger partial charge in [0.1, 0.15) is 6.54 Å². The zero-order valence-electron chi connectivity index (χ0n) is 7.51. The maximum atomic E-state index is 12.2. The number of benzene rings is 1. The van der Waals surface area contributed by atoms with E-state index in [9.17, 15) is 18.0 Å². The number of rotatable bonds is 1. The van der Waals surface area contributed by atoms with Crippen LogP contribution in [0.5, 0.6) is 0 Å². The van der Waals surface area contributed by atoms with Gasteiger partial charge in [0.05, 0.1) is 11.0 Å². The molecule has 2 aromatic rings. The second kappa shape index (κ2) is 3.15. The lowest BCUT2D eigenvalue weighted by atomic mass is 10.3. The van der Waals surface area contributed by atoms with Crippen molar-refractivity contribution < 1.29 is 13.2 Å². The number of aromatic nitrogens is 2. The Kier molecular flexibility index (Phi) is 2.06. The molecule has 6 heteroatoms. The third kappa shape index (κ3) is 1.88. The molecule has 0 aliphatic rings. The molecule has 0 saturated carbocycles. The molecule has 0 bridgehead atoms. The summed E-state index contributed by atoms with van der Waals surface area (Å²) in [6.45, 7) is -1.27. The van der Waals surface area contributed by atoms with Crippen LogP contribution in [-0.2, 0) is 6.54 Å². The number of nitrogens with zero attached hydrogens (tertiary/aromatic N) is 1. The number of hydrogen-bond acceptors (Lipinski definition) is 1. The van der Waals surface area contributed by atoms with Crippen molar-refractivity contribution in [2.45, 2.75) is 12.7 Å². The molecule has 0 radical (unpaired) electrons. The highest BCUT2D eigenvalue weighted by atomic mass is 19.4. The molecule has 2 rings (SSSR count). The average Bonchev–Trinajstić information content (AvgIpc) is 2.41. The molecule has 1 aromatic heterocycles. The van der Waals surface area contributed by atoms with Gasteiger partial charge in [-0.15, -0.1) is 0 Å². The van der Waals surface area contributed by atoms with Crippen LogP contribution in [0.4, 0.5) is 13.2 Å². The zero-order chi connectivity index (χ0) is 11.1. The summed E-state index contributed by atoms with van der Waals surface area (Å²) in [7, 11) is 0. The Morgan fingerprint density at radius 3 is 2.60 bits per heavy atom. The van der Waals surface area contributed by atoms with Crippen molar-refractivity contribution in [3.63, 3.8) is 0 Å². The SMILES string of the molecule is O=c1[nH]c2ccccc2n1CC(F)(F)F. The van der Waals surface area contributed by atoms with E-state index in [1.54, 1.807) is 18.2 Å². The first-order chi connectivity index (χ1) is 6.97. The minimum atomic E-state index is -4.39. The average molecular weight is 216 g/mol. The molecule has 3 nitrogen and oxygen atoms in total.